The molecule has 94 valence electrons. The fourth-order valence-corrected chi connectivity index (χ4v) is 1.77. The van der Waals surface area contributed by atoms with Gasteiger partial charge in [0, 0.05) is 18.2 Å². The molecule has 1 aromatic rings. The summed E-state index contributed by atoms with van der Waals surface area (Å²) in [5.41, 5.74) is 1.18. The molecule has 1 aliphatic rings. The van der Waals surface area contributed by atoms with Gasteiger partial charge in [-0.25, -0.2) is 0 Å². The Morgan fingerprint density at radius 3 is 2.82 bits per heavy atom. The summed E-state index contributed by atoms with van der Waals surface area (Å²) < 4.78 is 11.1. The molecule has 0 amide bonds. The number of methoxy groups -OCH3 is 1. The highest BCUT2D eigenvalue weighted by atomic mass is 16.5. The first-order chi connectivity index (χ1) is 8.35. The lowest BCUT2D eigenvalue weighted by atomic mass is 10.2. The molecule has 0 unspecified atom stereocenters. The van der Waals surface area contributed by atoms with Crippen LogP contribution in [0.4, 0.5) is 0 Å². The predicted octanol–water partition coefficient (Wildman–Crippen LogP) is 2.74. The summed E-state index contributed by atoms with van der Waals surface area (Å²) in [7, 11) is 1.69. The maximum atomic E-state index is 5.80. The molecule has 0 saturated heterocycles. The second kappa shape index (κ2) is 5.92. The minimum Gasteiger partial charge on any atom is -0.493 e. The smallest absolute Gasteiger partial charge is 0.165 e. The Morgan fingerprint density at radius 1 is 1.35 bits per heavy atom. The Hall–Kier alpha value is -1.22. The Morgan fingerprint density at radius 2 is 2.18 bits per heavy atom. The van der Waals surface area contributed by atoms with E-state index in [-0.39, 0.29) is 0 Å². The quantitative estimate of drug-likeness (QED) is 0.788. The number of hydrogen-bond acceptors (Lipinski definition) is 3. The molecule has 17 heavy (non-hydrogen) atoms. The fourth-order valence-electron chi connectivity index (χ4n) is 1.77. The Kier molecular flexibility index (Phi) is 4.26. The van der Waals surface area contributed by atoms with Crippen molar-refractivity contribution in [3.8, 4) is 11.5 Å². The number of rotatable bonds is 7. The van der Waals surface area contributed by atoms with Gasteiger partial charge in [-0.05, 0) is 25.3 Å². The number of para-hydroxylation sites is 1. The molecule has 1 fully saturated rings. The van der Waals surface area contributed by atoms with Gasteiger partial charge in [-0.1, -0.05) is 19.1 Å². The van der Waals surface area contributed by atoms with Crippen LogP contribution in [0.5, 0.6) is 11.5 Å². The monoisotopic (exact) mass is 235 g/mol. The van der Waals surface area contributed by atoms with Crippen molar-refractivity contribution in [2.75, 3.05) is 13.7 Å². The highest BCUT2D eigenvalue weighted by molar-refractivity contribution is 5.46. The van der Waals surface area contributed by atoms with Crippen molar-refractivity contribution in [2.24, 2.45) is 0 Å². The Labute approximate surface area is 103 Å². The van der Waals surface area contributed by atoms with Crippen molar-refractivity contribution in [3.05, 3.63) is 23.8 Å². The number of ether oxygens (including phenoxy) is 2. The third-order valence-corrected chi connectivity index (χ3v) is 2.89. The lowest BCUT2D eigenvalue weighted by Gasteiger charge is -2.15. The molecule has 1 N–H and O–H groups in total. The average Bonchev–Trinajstić information content (AvgIpc) is 3.18. The van der Waals surface area contributed by atoms with Gasteiger partial charge in [0.15, 0.2) is 11.5 Å². The molecule has 0 bridgehead atoms. The van der Waals surface area contributed by atoms with Crippen LogP contribution < -0.4 is 14.8 Å². The lowest BCUT2D eigenvalue weighted by Crippen LogP contribution is -2.16. The molecule has 0 radical (unpaired) electrons. The molecule has 0 aromatic heterocycles. The summed E-state index contributed by atoms with van der Waals surface area (Å²) in [5, 5.41) is 3.51. The molecule has 1 saturated carbocycles. The highest BCUT2D eigenvalue weighted by Crippen LogP contribution is 2.32. The molecule has 3 nitrogen and oxygen atoms in total. The molecule has 1 aromatic carbocycles. The van der Waals surface area contributed by atoms with Crippen LogP contribution >= 0.6 is 0 Å². The van der Waals surface area contributed by atoms with E-state index in [2.05, 4.69) is 18.3 Å². The molecule has 0 spiro atoms. The predicted molar refractivity (Wildman–Crippen MR) is 68.6 cm³/mol. The minimum atomic E-state index is 0.709. The van der Waals surface area contributed by atoms with Gasteiger partial charge in [-0.2, -0.15) is 0 Å². The molecule has 1 aliphatic carbocycles. The highest BCUT2D eigenvalue weighted by Gasteiger charge is 2.21. The van der Waals surface area contributed by atoms with E-state index in [1.165, 1.54) is 18.4 Å². The maximum Gasteiger partial charge on any atom is 0.165 e. The van der Waals surface area contributed by atoms with Crippen molar-refractivity contribution < 1.29 is 9.47 Å². The zero-order valence-corrected chi connectivity index (χ0v) is 10.7. The summed E-state index contributed by atoms with van der Waals surface area (Å²) in [6, 6.07) is 6.77. The van der Waals surface area contributed by atoms with Crippen LogP contribution in [0.15, 0.2) is 18.2 Å². The molecule has 0 atom stereocenters. The van der Waals surface area contributed by atoms with Crippen molar-refractivity contribution >= 4 is 0 Å². The third-order valence-electron chi connectivity index (χ3n) is 2.89. The number of benzene rings is 1. The van der Waals surface area contributed by atoms with Crippen molar-refractivity contribution in [2.45, 2.75) is 38.8 Å². The van der Waals surface area contributed by atoms with E-state index < -0.39 is 0 Å². The standard InChI is InChI=1S/C14H21NO2/c1-3-9-17-14-11(10-15-12-7-8-12)5-4-6-13(14)16-2/h4-6,12,15H,3,7-10H2,1-2H3. The average molecular weight is 235 g/mol. The van der Waals surface area contributed by atoms with Gasteiger partial charge < -0.3 is 14.8 Å². The first-order valence-corrected chi connectivity index (χ1v) is 6.37. The Balaban J connectivity index is 2.09. The second-order valence-corrected chi connectivity index (χ2v) is 4.45. The molecule has 0 aliphatic heterocycles. The van der Waals surface area contributed by atoms with Crippen LogP contribution in [0.2, 0.25) is 0 Å². The van der Waals surface area contributed by atoms with E-state index in [1.807, 2.05) is 12.1 Å². The summed E-state index contributed by atoms with van der Waals surface area (Å²) in [5.74, 6) is 1.72. The van der Waals surface area contributed by atoms with Gasteiger partial charge in [0.05, 0.1) is 13.7 Å². The van der Waals surface area contributed by atoms with E-state index >= 15 is 0 Å². The van der Waals surface area contributed by atoms with Crippen molar-refractivity contribution in [1.82, 2.24) is 5.32 Å². The second-order valence-electron chi connectivity index (χ2n) is 4.45. The zero-order chi connectivity index (χ0) is 12.1. The zero-order valence-electron chi connectivity index (χ0n) is 10.7. The van der Waals surface area contributed by atoms with Crippen molar-refractivity contribution in [1.29, 1.82) is 0 Å². The van der Waals surface area contributed by atoms with Gasteiger partial charge in [0.25, 0.3) is 0 Å². The van der Waals surface area contributed by atoms with E-state index in [1.54, 1.807) is 7.11 Å². The first-order valence-electron chi connectivity index (χ1n) is 6.37. The summed E-state index contributed by atoms with van der Waals surface area (Å²) >= 11 is 0. The van der Waals surface area contributed by atoms with E-state index in [0.717, 1.165) is 31.1 Å². The van der Waals surface area contributed by atoms with E-state index in [4.69, 9.17) is 9.47 Å². The number of hydrogen-bond donors (Lipinski definition) is 1. The first kappa shape index (κ1) is 12.2. The van der Waals surface area contributed by atoms with Gasteiger partial charge >= 0.3 is 0 Å². The SMILES string of the molecule is CCCOc1c(CNC2CC2)cccc1OC. The summed E-state index contributed by atoms with van der Waals surface area (Å²) in [6.45, 7) is 3.70. The van der Waals surface area contributed by atoms with Crippen LogP contribution in [0.3, 0.4) is 0 Å². The van der Waals surface area contributed by atoms with Crippen LogP contribution in [-0.4, -0.2) is 19.8 Å². The topological polar surface area (TPSA) is 30.5 Å². The van der Waals surface area contributed by atoms with Gasteiger partial charge in [-0.15, -0.1) is 0 Å². The summed E-state index contributed by atoms with van der Waals surface area (Å²) in [4.78, 5) is 0. The van der Waals surface area contributed by atoms with E-state index in [0.29, 0.717) is 6.04 Å². The molecular formula is C14H21NO2. The minimum absolute atomic E-state index is 0.709. The lowest BCUT2D eigenvalue weighted by molar-refractivity contribution is 0.290. The van der Waals surface area contributed by atoms with Crippen LogP contribution in [0, 0.1) is 0 Å². The molecular weight excluding hydrogens is 214 g/mol. The Bertz CT molecular complexity index is 361. The fraction of sp³-hybridized carbons (Fsp3) is 0.571. The van der Waals surface area contributed by atoms with Gasteiger partial charge in [0.2, 0.25) is 0 Å². The molecule has 2 rings (SSSR count). The maximum absolute atomic E-state index is 5.80. The largest absolute Gasteiger partial charge is 0.493 e. The summed E-state index contributed by atoms with van der Waals surface area (Å²) in [6.07, 6.45) is 3.61. The third kappa shape index (κ3) is 3.37. The van der Waals surface area contributed by atoms with Crippen LogP contribution in [0.1, 0.15) is 31.7 Å². The van der Waals surface area contributed by atoms with Gasteiger partial charge in [0.1, 0.15) is 0 Å². The molecule has 3 heteroatoms. The van der Waals surface area contributed by atoms with Crippen LogP contribution in [-0.2, 0) is 6.54 Å². The normalized spacial score (nSPS) is 14.7. The number of nitrogens with one attached hydrogen (secondary N) is 1. The van der Waals surface area contributed by atoms with Crippen molar-refractivity contribution in [3.63, 3.8) is 0 Å². The van der Waals surface area contributed by atoms with Crippen LogP contribution in [0.25, 0.3) is 0 Å². The molecule has 0 heterocycles. The van der Waals surface area contributed by atoms with Gasteiger partial charge in [-0.3, -0.25) is 0 Å². The van der Waals surface area contributed by atoms with E-state index in [9.17, 15) is 0 Å².